The zero-order chi connectivity index (χ0) is 18.7. The zero-order valence-corrected chi connectivity index (χ0v) is 14.0. The molecule has 2 N–H and O–H groups in total. The molecule has 0 fully saturated rings. The molecule has 0 spiro atoms. The number of carbonyl (C=O) groups is 1. The number of nitrogens with zero attached hydrogens (tertiary/aromatic N) is 1. The molecule has 2 aromatic carbocycles. The minimum Gasteiger partial charge on any atom is -0.341 e. The highest BCUT2D eigenvalue weighted by Crippen LogP contribution is 2.30. The van der Waals surface area contributed by atoms with Crippen LogP contribution in [0.5, 0.6) is 0 Å². The van der Waals surface area contributed by atoms with Crippen molar-refractivity contribution in [2.45, 2.75) is 12.6 Å². The first kappa shape index (κ1) is 18.0. The van der Waals surface area contributed by atoms with Crippen LogP contribution in [-0.2, 0) is 17.4 Å². The van der Waals surface area contributed by atoms with E-state index in [4.69, 9.17) is 11.6 Å². The van der Waals surface area contributed by atoms with Gasteiger partial charge >= 0.3 is 6.18 Å². The van der Waals surface area contributed by atoms with E-state index >= 15 is 0 Å². The molecule has 8 heteroatoms. The summed E-state index contributed by atoms with van der Waals surface area (Å²) in [5.74, 6) is 0.124. The van der Waals surface area contributed by atoms with Crippen molar-refractivity contribution in [3.8, 4) is 11.4 Å². The number of hydrogen-bond acceptors (Lipinski definition) is 2. The largest absolute Gasteiger partial charge is 0.416 e. The maximum absolute atomic E-state index is 12.7. The predicted molar refractivity (Wildman–Crippen MR) is 92.8 cm³/mol. The topological polar surface area (TPSA) is 57.8 Å². The molecule has 0 bridgehead atoms. The third-order valence-corrected chi connectivity index (χ3v) is 3.82. The van der Waals surface area contributed by atoms with E-state index in [0.717, 1.165) is 17.7 Å². The summed E-state index contributed by atoms with van der Waals surface area (Å²) < 4.78 is 38.1. The lowest BCUT2D eigenvalue weighted by atomic mass is 10.2. The van der Waals surface area contributed by atoms with Gasteiger partial charge in [-0.2, -0.15) is 13.2 Å². The number of aromatic nitrogens is 2. The SMILES string of the molecule is O=C(Cc1cnc(-c2ccc(Cl)cc2)[nH]1)Nc1cccc(C(F)(F)F)c1. The van der Waals surface area contributed by atoms with Gasteiger partial charge in [-0.3, -0.25) is 4.79 Å². The Kier molecular flexibility index (Phi) is 4.99. The van der Waals surface area contributed by atoms with Gasteiger partial charge in [0.25, 0.3) is 0 Å². The van der Waals surface area contributed by atoms with Gasteiger partial charge in [0.1, 0.15) is 5.82 Å². The van der Waals surface area contributed by atoms with Gasteiger partial charge < -0.3 is 10.3 Å². The number of anilines is 1. The Morgan fingerprint density at radius 1 is 1.15 bits per heavy atom. The molecular weight excluding hydrogens is 367 g/mol. The lowest BCUT2D eigenvalue weighted by molar-refractivity contribution is -0.137. The van der Waals surface area contributed by atoms with Crippen LogP contribution in [0.2, 0.25) is 5.02 Å². The molecule has 134 valence electrons. The second kappa shape index (κ2) is 7.21. The number of amides is 1. The first-order valence-corrected chi connectivity index (χ1v) is 7.96. The van der Waals surface area contributed by atoms with Gasteiger partial charge in [0.05, 0.1) is 12.0 Å². The predicted octanol–water partition coefficient (Wildman–Crippen LogP) is 4.93. The van der Waals surface area contributed by atoms with Gasteiger partial charge in [-0.05, 0) is 42.5 Å². The van der Waals surface area contributed by atoms with E-state index in [1.165, 1.54) is 18.3 Å². The molecule has 0 aliphatic heterocycles. The van der Waals surface area contributed by atoms with E-state index in [1.807, 2.05) is 0 Å². The third kappa shape index (κ3) is 4.43. The Labute approximate surface area is 152 Å². The highest BCUT2D eigenvalue weighted by molar-refractivity contribution is 6.30. The van der Waals surface area contributed by atoms with Gasteiger partial charge in [0.15, 0.2) is 0 Å². The lowest BCUT2D eigenvalue weighted by Crippen LogP contribution is -2.15. The van der Waals surface area contributed by atoms with Gasteiger partial charge in [0.2, 0.25) is 5.91 Å². The Hall–Kier alpha value is -2.80. The van der Waals surface area contributed by atoms with Crippen molar-refractivity contribution in [1.82, 2.24) is 9.97 Å². The molecule has 3 rings (SSSR count). The van der Waals surface area contributed by atoms with Crippen LogP contribution in [0.3, 0.4) is 0 Å². The summed E-state index contributed by atoms with van der Waals surface area (Å²) >= 11 is 5.84. The summed E-state index contributed by atoms with van der Waals surface area (Å²) in [6.07, 6.45) is -3.00. The van der Waals surface area contributed by atoms with E-state index in [1.54, 1.807) is 24.3 Å². The summed E-state index contributed by atoms with van der Waals surface area (Å²) in [4.78, 5) is 19.3. The highest BCUT2D eigenvalue weighted by Gasteiger charge is 2.30. The van der Waals surface area contributed by atoms with Crippen LogP contribution >= 0.6 is 11.6 Å². The third-order valence-electron chi connectivity index (χ3n) is 3.57. The number of H-pyrrole nitrogens is 1. The van der Waals surface area contributed by atoms with Gasteiger partial charge in [-0.15, -0.1) is 0 Å². The monoisotopic (exact) mass is 379 g/mol. The van der Waals surface area contributed by atoms with E-state index in [2.05, 4.69) is 15.3 Å². The number of halogens is 4. The Bertz CT molecular complexity index is 920. The molecular formula is C18H13ClF3N3O. The van der Waals surface area contributed by atoms with Crippen molar-refractivity contribution in [2.24, 2.45) is 0 Å². The number of nitrogens with one attached hydrogen (secondary N) is 2. The maximum Gasteiger partial charge on any atom is 0.416 e. The number of benzene rings is 2. The van der Waals surface area contributed by atoms with Gasteiger partial charge in [-0.25, -0.2) is 4.98 Å². The molecule has 0 unspecified atom stereocenters. The smallest absolute Gasteiger partial charge is 0.341 e. The fourth-order valence-corrected chi connectivity index (χ4v) is 2.48. The Balaban J connectivity index is 1.67. The van der Waals surface area contributed by atoms with E-state index < -0.39 is 17.6 Å². The number of alkyl halides is 3. The Morgan fingerprint density at radius 3 is 2.58 bits per heavy atom. The second-order valence-electron chi connectivity index (χ2n) is 5.57. The summed E-state index contributed by atoms with van der Waals surface area (Å²) in [7, 11) is 0. The highest BCUT2D eigenvalue weighted by atomic mass is 35.5. The lowest BCUT2D eigenvalue weighted by Gasteiger charge is -2.09. The van der Waals surface area contributed by atoms with Crippen molar-refractivity contribution < 1.29 is 18.0 Å². The molecule has 3 aromatic rings. The van der Waals surface area contributed by atoms with Gasteiger partial charge in [0, 0.05) is 28.2 Å². The van der Waals surface area contributed by atoms with Crippen LogP contribution in [0.25, 0.3) is 11.4 Å². The van der Waals surface area contributed by atoms with Crippen molar-refractivity contribution in [3.05, 3.63) is 71.0 Å². The molecule has 1 aromatic heterocycles. The second-order valence-corrected chi connectivity index (χ2v) is 6.00. The van der Waals surface area contributed by atoms with E-state index in [9.17, 15) is 18.0 Å². The molecule has 0 radical (unpaired) electrons. The number of rotatable bonds is 4. The maximum atomic E-state index is 12.7. The quantitative estimate of drug-likeness (QED) is 0.675. The normalized spacial score (nSPS) is 11.4. The summed E-state index contributed by atoms with van der Waals surface area (Å²) in [6.45, 7) is 0. The van der Waals surface area contributed by atoms with E-state index in [-0.39, 0.29) is 12.1 Å². The van der Waals surface area contributed by atoms with Crippen LogP contribution in [0.15, 0.2) is 54.7 Å². The van der Waals surface area contributed by atoms with Crippen LogP contribution < -0.4 is 5.32 Å². The summed E-state index contributed by atoms with van der Waals surface area (Å²) in [5.41, 5.74) is 0.613. The molecule has 26 heavy (non-hydrogen) atoms. The number of aromatic amines is 1. The van der Waals surface area contributed by atoms with Crippen molar-refractivity contribution in [1.29, 1.82) is 0 Å². The first-order chi connectivity index (χ1) is 12.3. The van der Waals surface area contributed by atoms with Crippen LogP contribution in [0, 0.1) is 0 Å². The van der Waals surface area contributed by atoms with Crippen LogP contribution in [0.1, 0.15) is 11.3 Å². The average Bonchev–Trinajstić information content (AvgIpc) is 3.03. The number of carbonyl (C=O) groups excluding carboxylic acids is 1. The Morgan fingerprint density at radius 2 is 1.88 bits per heavy atom. The van der Waals surface area contributed by atoms with E-state index in [0.29, 0.717) is 16.5 Å². The van der Waals surface area contributed by atoms with Crippen LogP contribution in [0.4, 0.5) is 18.9 Å². The molecule has 1 amide bonds. The molecule has 4 nitrogen and oxygen atoms in total. The van der Waals surface area contributed by atoms with Crippen molar-refractivity contribution >= 4 is 23.2 Å². The first-order valence-electron chi connectivity index (χ1n) is 7.58. The molecule has 0 saturated heterocycles. The summed E-state index contributed by atoms with van der Waals surface area (Å²) in [6, 6.07) is 11.5. The van der Waals surface area contributed by atoms with Crippen molar-refractivity contribution in [3.63, 3.8) is 0 Å². The fraction of sp³-hybridized carbons (Fsp3) is 0.111. The molecule has 0 saturated carbocycles. The molecule has 0 aliphatic rings. The summed E-state index contributed by atoms with van der Waals surface area (Å²) in [5, 5.41) is 3.05. The molecule has 0 aliphatic carbocycles. The van der Waals surface area contributed by atoms with Crippen LogP contribution in [-0.4, -0.2) is 15.9 Å². The van der Waals surface area contributed by atoms with Gasteiger partial charge in [-0.1, -0.05) is 17.7 Å². The minimum atomic E-state index is -4.46. The van der Waals surface area contributed by atoms with Crippen molar-refractivity contribution in [2.75, 3.05) is 5.32 Å². The number of imidazole rings is 1. The average molecular weight is 380 g/mol. The fourth-order valence-electron chi connectivity index (χ4n) is 2.35. The molecule has 0 atom stereocenters. The zero-order valence-electron chi connectivity index (χ0n) is 13.3. The molecule has 1 heterocycles. The minimum absolute atomic E-state index is 0.0448. The number of hydrogen-bond donors (Lipinski definition) is 2. The standard InChI is InChI=1S/C18H13ClF3N3O/c19-13-6-4-11(5-7-13)17-23-10-15(25-17)9-16(26)24-14-3-1-2-12(8-14)18(20,21)22/h1-8,10H,9H2,(H,23,25)(H,24,26).